The van der Waals surface area contributed by atoms with Crippen LogP contribution in [-0.4, -0.2) is 37.9 Å². The van der Waals surface area contributed by atoms with Crippen molar-refractivity contribution < 1.29 is 5.11 Å². The minimum Gasteiger partial charge on any atom is -0.393 e. The number of nitrogens with zero attached hydrogens (tertiary/aromatic N) is 3. The number of aliphatic hydroxyl groups excluding tert-OH is 1. The highest BCUT2D eigenvalue weighted by molar-refractivity contribution is 5.82. The third-order valence-corrected chi connectivity index (χ3v) is 5.17. The van der Waals surface area contributed by atoms with Gasteiger partial charge in [-0.2, -0.15) is 5.10 Å². The van der Waals surface area contributed by atoms with Crippen LogP contribution in [0.25, 0.3) is 10.9 Å². The fourth-order valence-corrected chi connectivity index (χ4v) is 3.91. The molecule has 0 radical (unpaired) electrons. The lowest BCUT2D eigenvalue weighted by Crippen LogP contribution is -2.27. The summed E-state index contributed by atoms with van der Waals surface area (Å²) in [7, 11) is 0. The number of nitrogens with one attached hydrogen (secondary N) is 2. The SMILES string of the molecule is Cc1cc(CNC[C@H]2CC(c3ncn[nH]3)C[C@H]2O)cc2cccnc12. The van der Waals surface area contributed by atoms with Gasteiger partial charge in [0.1, 0.15) is 12.2 Å². The van der Waals surface area contributed by atoms with Gasteiger partial charge in [-0.3, -0.25) is 10.1 Å². The van der Waals surface area contributed by atoms with Gasteiger partial charge in [-0.05, 0) is 48.9 Å². The molecule has 0 saturated heterocycles. The number of aromatic amines is 1. The number of aliphatic hydroxyl groups is 1. The summed E-state index contributed by atoms with van der Waals surface area (Å²) in [5.74, 6) is 1.41. The average Bonchev–Trinajstić information content (AvgIpc) is 3.25. The van der Waals surface area contributed by atoms with Crippen LogP contribution in [0.3, 0.4) is 0 Å². The van der Waals surface area contributed by atoms with Crippen LogP contribution in [0.4, 0.5) is 0 Å². The summed E-state index contributed by atoms with van der Waals surface area (Å²) in [6.07, 6.45) is 4.76. The Hall–Kier alpha value is -2.31. The van der Waals surface area contributed by atoms with Crippen LogP contribution < -0.4 is 5.32 Å². The van der Waals surface area contributed by atoms with Crippen LogP contribution in [0, 0.1) is 12.8 Å². The van der Waals surface area contributed by atoms with E-state index in [0.717, 1.165) is 37.3 Å². The summed E-state index contributed by atoms with van der Waals surface area (Å²) in [5, 5.41) is 21.8. The van der Waals surface area contributed by atoms with E-state index in [-0.39, 0.29) is 17.9 Å². The summed E-state index contributed by atoms with van der Waals surface area (Å²) < 4.78 is 0. The van der Waals surface area contributed by atoms with E-state index in [1.165, 1.54) is 22.8 Å². The third-order valence-electron chi connectivity index (χ3n) is 5.17. The molecule has 1 aliphatic carbocycles. The summed E-state index contributed by atoms with van der Waals surface area (Å²) in [4.78, 5) is 8.67. The first-order valence-electron chi connectivity index (χ1n) is 8.79. The van der Waals surface area contributed by atoms with Gasteiger partial charge in [0.15, 0.2) is 0 Å². The van der Waals surface area contributed by atoms with Crippen LogP contribution >= 0.6 is 0 Å². The Bertz CT molecular complexity index is 848. The minimum atomic E-state index is -0.287. The fourth-order valence-electron chi connectivity index (χ4n) is 3.91. The van der Waals surface area contributed by atoms with Crippen molar-refractivity contribution in [3.63, 3.8) is 0 Å². The maximum Gasteiger partial charge on any atom is 0.137 e. The molecule has 1 aliphatic rings. The maximum absolute atomic E-state index is 10.3. The van der Waals surface area contributed by atoms with Gasteiger partial charge in [-0.1, -0.05) is 12.1 Å². The predicted molar refractivity (Wildman–Crippen MR) is 96.0 cm³/mol. The van der Waals surface area contributed by atoms with Gasteiger partial charge in [0.05, 0.1) is 11.6 Å². The number of hydrogen-bond donors (Lipinski definition) is 3. The predicted octanol–water partition coefficient (Wildman–Crippen LogP) is 2.31. The quantitative estimate of drug-likeness (QED) is 0.665. The first-order valence-corrected chi connectivity index (χ1v) is 8.79. The minimum absolute atomic E-state index is 0.248. The number of H-pyrrole nitrogens is 1. The molecule has 3 N–H and O–H groups in total. The number of benzene rings is 1. The number of aryl methyl sites for hydroxylation is 1. The maximum atomic E-state index is 10.3. The Morgan fingerprint density at radius 1 is 1.28 bits per heavy atom. The van der Waals surface area contributed by atoms with Crippen molar-refractivity contribution in [2.75, 3.05) is 6.54 Å². The molecule has 0 bridgehead atoms. The zero-order valence-electron chi connectivity index (χ0n) is 14.3. The molecule has 0 amide bonds. The summed E-state index contributed by atoms with van der Waals surface area (Å²) in [5.41, 5.74) is 3.51. The van der Waals surface area contributed by atoms with E-state index in [9.17, 15) is 5.11 Å². The Labute approximate surface area is 146 Å². The van der Waals surface area contributed by atoms with E-state index in [0.29, 0.717) is 0 Å². The lowest BCUT2D eigenvalue weighted by Gasteiger charge is -2.15. The highest BCUT2D eigenvalue weighted by Gasteiger charge is 2.34. The van der Waals surface area contributed by atoms with Gasteiger partial charge < -0.3 is 10.4 Å². The van der Waals surface area contributed by atoms with Crippen molar-refractivity contribution in [1.29, 1.82) is 0 Å². The molecule has 0 aliphatic heterocycles. The molecule has 4 rings (SSSR count). The Morgan fingerprint density at radius 3 is 3.04 bits per heavy atom. The Balaban J connectivity index is 1.36. The number of rotatable bonds is 5. The first-order chi connectivity index (χ1) is 12.2. The smallest absolute Gasteiger partial charge is 0.137 e. The van der Waals surface area contributed by atoms with Crippen molar-refractivity contribution in [3.8, 4) is 0 Å². The topological polar surface area (TPSA) is 86.7 Å². The van der Waals surface area contributed by atoms with E-state index in [1.807, 2.05) is 12.3 Å². The first kappa shape index (κ1) is 16.2. The molecule has 1 unspecified atom stereocenters. The van der Waals surface area contributed by atoms with Crippen molar-refractivity contribution in [2.45, 2.75) is 38.3 Å². The molecule has 25 heavy (non-hydrogen) atoms. The van der Waals surface area contributed by atoms with Gasteiger partial charge in [0.2, 0.25) is 0 Å². The number of aromatic nitrogens is 4. The molecule has 2 heterocycles. The van der Waals surface area contributed by atoms with E-state index in [2.05, 4.69) is 50.6 Å². The molecule has 130 valence electrons. The van der Waals surface area contributed by atoms with E-state index in [4.69, 9.17) is 0 Å². The molecule has 0 spiro atoms. The van der Waals surface area contributed by atoms with Gasteiger partial charge in [0, 0.05) is 30.6 Å². The largest absolute Gasteiger partial charge is 0.393 e. The molecular formula is C19H23N5O. The number of fused-ring (bicyclic) bond motifs is 1. The van der Waals surface area contributed by atoms with E-state index < -0.39 is 0 Å². The Kier molecular flexibility index (Phi) is 4.46. The lowest BCUT2D eigenvalue weighted by atomic mass is 10.0. The summed E-state index contributed by atoms with van der Waals surface area (Å²) in [6, 6.07) is 8.44. The molecule has 3 atom stereocenters. The normalized spacial score (nSPS) is 23.4. The Morgan fingerprint density at radius 2 is 2.20 bits per heavy atom. The van der Waals surface area contributed by atoms with Crippen LogP contribution in [0.15, 0.2) is 36.8 Å². The molecular weight excluding hydrogens is 314 g/mol. The molecule has 1 saturated carbocycles. The van der Waals surface area contributed by atoms with Crippen molar-refractivity contribution in [1.82, 2.24) is 25.5 Å². The second-order valence-electron chi connectivity index (χ2n) is 6.99. The molecule has 6 heteroatoms. The molecule has 2 aromatic heterocycles. The van der Waals surface area contributed by atoms with E-state index >= 15 is 0 Å². The standard InChI is InChI=1S/C19H23N5O/c1-12-5-13(6-14-3-2-4-21-18(12)14)9-20-10-16-7-15(8-17(16)25)19-22-11-23-24-19/h2-6,11,15-17,20,25H,7-10H2,1H3,(H,22,23,24)/t15?,16-,17-/m1/s1. The molecule has 3 aromatic rings. The van der Waals surface area contributed by atoms with E-state index in [1.54, 1.807) is 0 Å². The molecule has 1 fully saturated rings. The molecule has 1 aromatic carbocycles. The lowest BCUT2D eigenvalue weighted by molar-refractivity contribution is 0.131. The highest BCUT2D eigenvalue weighted by atomic mass is 16.3. The van der Waals surface area contributed by atoms with Crippen LogP contribution in [0.5, 0.6) is 0 Å². The number of pyridine rings is 1. The third kappa shape index (κ3) is 3.41. The fraction of sp³-hybridized carbons (Fsp3) is 0.421. The van der Waals surface area contributed by atoms with Crippen molar-refractivity contribution in [3.05, 3.63) is 53.7 Å². The van der Waals surface area contributed by atoms with Crippen LogP contribution in [-0.2, 0) is 6.54 Å². The van der Waals surface area contributed by atoms with Crippen molar-refractivity contribution >= 4 is 10.9 Å². The summed E-state index contributed by atoms with van der Waals surface area (Å²) >= 11 is 0. The highest BCUT2D eigenvalue weighted by Crippen LogP contribution is 2.36. The second-order valence-corrected chi connectivity index (χ2v) is 6.99. The van der Waals surface area contributed by atoms with Crippen LogP contribution in [0.1, 0.15) is 35.7 Å². The number of hydrogen-bond acceptors (Lipinski definition) is 5. The average molecular weight is 337 g/mol. The van der Waals surface area contributed by atoms with Gasteiger partial charge in [-0.25, -0.2) is 4.98 Å². The van der Waals surface area contributed by atoms with Gasteiger partial charge in [-0.15, -0.1) is 0 Å². The summed E-state index contributed by atoms with van der Waals surface area (Å²) in [6.45, 7) is 3.69. The van der Waals surface area contributed by atoms with Gasteiger partial charge >= 0.3 is 0 Å². The molecule has 6 nitrogen and oxygen atoms in total. The van der Waals surface area contributed by atoms with Gasteiger partial charge in [0.25, 0.3) is 0 Å². The monoisotopic (exact) mass is 337 g/mol. The second kappa shape index (κ2) is 6.90. The van der Waals surface area contributed by atoms with Crippen LogP contribution in [0.2, 0.25) is 0 Å². The zero-order valence-corrected chi connectivity index (χ0v) is 14.3. The van der Waals surface area contributed by atoms with Crippen molar-refractivity contribution in [2.24, 2.45) is 5.92 Å². The zero-order chi connectivity index (χ0) is 17.2.